The average Bonchev–Trinajstić information content (AvgIpc) is 2.47. The van der Waals surface area contributed by atoms with Crippen LogP contribution in [0, 0.1) is 0 Å². The second-order valence-electron chi connectivity index (χ2n) is 4.21. The molecule has 90 valence electrons. The van der Waals surface area contributed by atoms with E-state index in [0.29, 0.717) is 0 Å². The highest BCUT2D eigenvalue weighted by Crippen LogP contribution is 2.40. The monoisotopic (exact) mass is 270 g/mol. The Morgan fingerprint density at radius 1 is 1.00 bits per heavy atom. The Labute approximate surface area is 116 Å². The van der Waals surface area contributed by atoms with Gasteiger partial charge in [-0.05, 0) is 42.0 Å². The standard InChI is InChI=1S/C16H14S2/c1-17-14-9-6-13(7-10-14)16-11-8-12-4-2-3-5-15(12)18-16/h2-7,9-11H,8H2,1H3. The molecule has 2 heteroatoms. The van der Waals surface area contributed by atoms with Crippen LogP contribution in [-0.4, -0.2) is 6.26 Å². The first-order valence-electron chi connectivity index (χ1n) is 5.97. The maximum atomic E-state index is 2.33. The maximum Gasteiger partial charge on any atom is 0.0158 e. The molecule has 0 aliphatic carbocycles. The lowest BCUT2D eigenvalue weighted by Crippen LogP contribution is -1.93. The van der Waals surface area contributed by atoms with E-state index in [1.165, 1.54) is 25.8 Å². The van der Waals surface area contributed by atoms with Crippen molar-refractivity contribution in [3.63, 3.8) is 0 Å². The molecule has 1 heterocycles. The summed E-state index contributed by atoms with van der Waals surface area (Å²) >= 11 is 3.66. The van der Waals surface area contributed by atoms with Gasteiger partial charge < -0.3 is 0 Å². The topological polar surface area (TPSA) is 0 Å². The highest BCUT2D eigenvalue weighted by Gasteiger charge is 2.12. The van der Waals surface area contributed by atoms with E-state index in [0.717, 1.165) is 6.42 Å². The minimum Gasteiger partial charge on any atom is -0.130 e. The predicted octanol–water partition coefficient (Wildman–Crippen LogP) is 5.10. The van der Waals surface area contributed by atoms with Gasteiger partial charge in [0, 0.05) is 14.7 Å². The quantitative estimate of drug-likeness (QED) is 0.696. The first-order chi connectivity index (χ1) is 8.86. The molecular weight excluding hydrogens is 256 g/mol. The number of hydrogen-bond donors (Lipinski definition) is 0. The van der Waals surface area contributed by atoms with Gasteiger partial charge in [-0.15, -0.1) is 11.8 Å². The van der Waals surface area contributed by atoms with E-state index in [2.05, 4.69) is 60.9 Å². The number of benzene rings is 2. The summed E-state index contributed by atoms with van der Waals surface area (Å²) in [6.45, 7) is 0. The Balaban J connectivity index is 1.88. The van der Waals surface area contributed by atoms with Crippen LogP contribution in [0.15, 0.2) is 64.4 Å². The number of fused-ring (bicyclic) bond motifs is 1. The lowest BCUT2D eigenvalue weighted by atomic mass is 10.1. The Morgan fingerprint density at radius 3 is 2.56 bits per heavy atom. The molecule has 0 unspecified atom stereocenters. The van der Waals surface area contributed by atoms with Gasteiger partial charge in [-0.1, -0.05) is 48.2 Å². The maximum absolute atomic E-state index is 2.33. The molecule has 1 aliphatic heterocycles. The molecule has 2 aromatic rings. The molecule has 0 N–H and O–H groups in total. The molecule has 0 radical (unpaired) electrons. The molecule has 0 atom stereocenters. The van der Waals surface area contributed by atoms with Crippen LogP contribution in [0.5, 0.6) is 0 Å². The van der Waals surface area contributed by atoms with Crippen molar-refractivity contribution in [3.05, 3.63) is 65.7 Å². The van der Waals surface area contributed by atoms with Gasteiger partial charge in [0.2, 0.25) is 0 Å². The van der Waals surface area contributed by atoms with Gasteiger partial charge in [-0.2, -0.15) is 0 Å². The summed E-state index contributed by atoms with van der Waals surface area (Å²) in [7, 11) is 0. The Morgan fingerprint density at radius 2 is 1.78 bits per heavy atom. The highest BCUT2D eigenvalue weighted by molar-refractivity contribution is 8.08. The lowest BCUT2D eigenvalue weighted by molar-refractivity contribution is 1.17. The third-order valence-corrected chi connectivity index (χ3v) is 5.06. The third kappa shape index (κ3) is 2.36. The minimum atomic E-state index is 1.04. The predicted molar refractivity (Wildman–Crippen MR) is 82.2 cm³/mol. The van der Waals surface area contributed by atoms with Crippen LogP contribution in [0.2, 0.25) is 0 Å². The third-order valence-electron chi connectivity index (χ3n) is 3.07. The van der Waals surface area contributed by atoms with Gasteiger partial charge in [-0.3, -0.25) is 0 Å². The zero-order chi connectivity index (χ0) is 12.4. The van der Waals surface area contributed by atoms with Crippen molar-refractivity contribution in [2.75, 3.05) is 6.26 Å². The molecule has 1 aliphatic rings. The molecule has 0 aromatic heterocycles. The van der Waals surface area contributed by atoms with Crippen LogP contribution in [0.4, 0.5) is 0 Å². The number of hydrogen-bond acceptors (Lipinski definition) is 2. The summed E-state index contributed by atoms with van der Waals surface area (Å²) in [6, 6.07) is 17.5. The van der Waals surface area contributed by atoms with E-state index < -0.39 is 0 Å². The van der Waals surface area contributed by atoms with Crippen LogP contribution in [0.25, 0.3) is 4.91 Å². The summed E-state index contributed by atoms with van der Waals surface area (Å²) in [4.78, 5) is 4.09. The molecule has 18 heavy (non-hydrogen) atoms. The highest BCUT2D eigenvalue weighted by atomic mass is 32.2. The largest absolute Gasteiger partial charge is 0.130 e. The molecule has 2 aromatic carbocycles. The number of allylic oxidation sites excluding steroid dienone is 1. The summed E-state index contributed by atoms with van der Waals surface area (Å²) in [6.07, 6.45) is 5.49. The van der Waals surface area contributed by atoms with Crippen molar-refractivity contribution in [1.29, 1.82) is 0 Å². The normalized spacial score (nSPS) is 13.9. The molecular formula is C16H14S2. The van der Waals surface area contributed by atoms with E-state index in [1.807, 2.05) is 11.8 Å². The zero-order valence-corrected chi connectivity index (χ0v) is 11.9. The molecule has 3 rings (SSSR count). The summed E-state index contributed by atoms with van der Waals surface area (Å²) in [5.41, 5.74) is 2.76. The van der Waals surface area contributed by atoms with Crippen LogP contribution in [0.1, 0.15) is 11.1 Å². The van der Waals surface area contributed by atoms with Crippen LogP contribution < -0.4 is 0 Å². The fourth-order valence-corrected chi connectivity index (χ4v) is 3.56. The van der Waals surface area contributed by atoms with Crippen molar-refractivity contribution < 1.29 is 0 Å². The van der Waals surface area contributed by atoms with E-state index in [9.17, 15) is 0 Å². The van der Waals surface area contributed by atoms with Crippen molar-refractivity contribution in [2.45, 2.75) is 16.2 Å². The van der Waals surface area contributed by atoms with Crippen LogP contribution in [-0.2, 0) is 6.42 Å². The molecule has 0 bridgehead atoms. The van der Waals surface area contributed by atoms with Gasteiger partial charge >= 0.3 is 0 Å². The van der Waals surface area contributed by atoms with Gasteiger partial charge in [0.25, 0.3) is 0 Å². The van der Waals surface area contributed by atoms with Gasteiger partial charge in [0.1, 0.15) is 0 Å². The summed E-state index contributed by atoms with van der Waals surface area (Å²) < 4.78 is 0. The Kier molecular flexibility index (Phi) is 3.48. The first kappa shape index (κ1) is 11.9. The number of rotatable bonds is 2. The van der Waals surface area contributed by atoms with Gasteiger partial charge in [0.05, 0.1) is 0 Å². The summed E-state index contributed by atoms with van der Waals surface area (Å²) in [5.74, 6) is 0. The van der Waals surface area contributed by atoms with Crippen molar-refractivity contribution >= 4 is 28.4 Å². The van der Waals surface area contributed by atoms with E-state index in [4.69, 9.17) is 0 Å². The van der Waals surface area contributed by atoms with Crippen molar-refractivity contribution in [1.82, 2.24) is 0 Å². The smallest absolute Gasteiger partial charge is 0.0158 e. The average molecular weight is 270 g/mol. The van der Waals surface area contributed by atoms with Gasteiger partial charge in [-0.25, -0.2) is 0 Å². The fourth-order valence-electron chi connectivity index (χ4n) is 2.07. The van der Waals surface area contributed by atoms with Crippen LogP contribution in [0.3, 0.4) is 0 Å². The molecule has 0 spiro atoms. The van der Waals surface area contributed by atoms with Gasteiger partial charge in [0.15, 0.2) is 0 Å². The minimum absolute atomic E-state index is 1.04. The van der Waals surface area contributed by atoms with E-state index in [1.54, 1.807) is 11.8 Å². The first-order valence-corrected chi connectivity index (χ1v) is 8.01. The number of thioether (sulfide) groups is 2. The van der Waals surface area contributed by atoms with E-state index in [-0.39, 0.29) is 0 Å². The van der Waals surface area contributed by atoms with Crippen LogP contribution >= 0.6 is 23.5 Å². The summed E-state index contributed by atoms with van der Waals surface area (Å²) in [5, 5.41) is 0. The molecule has 0 nitrogen and oxygen atoms in total. The van der Waals surface area contributed by atoms with Crippen molar-refractivity contribution in [3.8, 4) is 0 Å². The second kappa shape index (κ2) is 5.25. The molecule has 0 amide bonds. The molecule has 0 fully saturated rings. The SMILES string of the molecule is CSc1ccc(C2=CCc3ccccc3S2)cc1. The molecule has 0 saturated heterocycles. The second-order valence-corrected chi connectivity index (χ2v) is 6.17. The zero-order valence-electron chi connectivity index (χ0n) is 10.2. The Bertz CT molecular complexity index is 582. The van der Waals surface area contributed by atoms with Crippen molar-refractivity contribution in [2.24, 2.45) is 0 Å². The Hall–Kier alpha value is -1.12. The molecule has 0 saturated carbocycles. The lowest BCUT2D eigenvalue weighted by Gasteiger charge is -2.16. The van der Waals surface area contributed by atoms with E-state index >= 15 is 0 Å². The fraction of sp³-hybridized carbons (Fsp3) is 0.125.